The molecule has 3 aliphatic rings. The van der Waals surface area contributed by atoms with E-state index >= 15 is 0 Å². The van der Waals surface area contributed by atoms with Gasteiger partial charge in [-0.25, -0.2) is 4.79 Å². The molecule has 8 heteroatoms. The first-order chi connectivity index (χ1) is 15.5. The minimum absolute atomic E-state index is 0.00281. The number of carbonyl (C=O) groups excluding carboxylic acids is 2. The summed E-state index contributed by atoms with van der Waals surface area (Å²) in [6, 6.07) is 5.70. The summed E-state index contributed by atoms with van der Waals surface area (Å²) in [6.07, 6.45) is 12.2. The highest BCUT2D eigenvalue weighted by Gasteiger charge is 2.39. The first-order valence-corrected chi connectivity index (χ1v) is 12.5. The van der Waals surface area contributed by atoms with E-state index in [0.717, 1.165) is 41.1 Å². The van der Waals surface area contributed by atoms with E-state index in [2.05, 4.69) is 32.2 Å². The summed E-state index contributed by atoms with van der Waals surface area (Å²) < 4.78 is 7.72. The maximum absolute atomic E-state index is 13.3. The third kappa shape index (κ3) is 5.42. The summed E-state index contributed by atoms with van der Waals surface area (Å²) >= 11 is 5.01. The van der Waals surface area contributed by atoms with Gasteiger partial charge in [-0.2, -0.15) is 0 Å². The summed E-state index contributed by atoms with van der Waals surface area (Å²) in [5, 5.41) is 2.98. The number of hydrogen-bond donors (Lipinski definition) is 1. The molecule has 0 spiro atoms. The van der Waals surface area contributed by atoms with Crippen molar-refractivity contribution in [2.24, 2.45) is 0 Å². The first kappa shape index (κ1) is 23.0. The van der Waals surface area contributed by atoms with Crippen LogP contribution < -0.4 is 10.1 Å². The molecule has 168 valence electrons. The predicted octanol–water partition coefficient (Wildman–Crippen LogP) is 3.23. The van der Waals surface area contributed by atoms with Crippen LogP contribution in [-0.4, -0.2) is 72.1 Å². The Kier molecular flexibility index (Phi) is 7.65. The summed E-state index contributed by atoms with van der Waals surface area (Å²) in [5.41, 5.74) is 1.74. The molecular weight excluding hydrogens is 490 g/mol. The number of hydrogen-bond acceptors (Lipinski definition) is 5. The van der Waals surface area contributed by atoms with Crippen molar-refractivity contribution in [2.45, 2.75) is 18.1 Å². The van der Waals surface area contributed by atoms with Crippen LogP contribution in [0.3, 0.4) is 0 Å². The number of ether oxygens (including phenoxy) is 1. The lowest BCUT2D eigenvalue weighted by Crippen LogP contribution is -2.44. The SMILES string of the molecule is COc1ccc(/C=C2/SC3C=CC=CC3=[N+](CC(=O)NCCN3CCCC3)C2=O)cc1Br. The number of amides is 2. The highest BCUT2D eigenvalue weighted by Crippen LogP contribution is 2.34. The van der Waals surface area contributed by atoms with Gasteiger partial charge in [0.1, 0.15) is 15.9 Å². The zero-order valence-electron chi connectivity index (χ0n) is 18.1. The summed E-state index contributed by atoms with van der Waals surface area (Å²) in [5.74, 6) is 0.450. The van der Waals surface area contributed by atoms with E-state index < -0.39 is 0 Å². The molecule has 1 saturated heterocycles. The highest BCUT2D eigenvalue weighted by molar-refractivity contribution is 9.10. The molecule has 2 amide bonds. The van der Waals surface area contributed by atoms with Gasteiger partial charge in [-0.1, -0.05) is 36.1 Å². The first-order valence-electron chi connectivity index (χ1n) is 10.8. The van der Waals surface area contributed by atoms with Crippen LogP contribution in [0.25, 0.3) is 6.08 Å². The molecule has 0 bridgehead atoms. The quantitative estimate of drug-likeness (QED) is 0.445. The van der Waals surface area contributed by atoms with Crippen LogP contribution in [-0.2, 0) is 9.59 Å². The molecule has 2 heterocycles. The molecule has 1 atom stereocenters. The van der Waals surface area contributed by atoms with Gasteiger partial charge in [-0.15, -0.1) is 4.58 Å². The van der Waals surface area contributed by atoms with Gasteiger partial charge in [0.2, 0.25) is 12.3 Å². The van der Waals surface area contributed by atoms with Gasteiger partial charge in [0, 0.05) is 19.2 Å². The third-order valence-electron chi connectivity index (χ3n) is 5.70. The Morgan fingerprint density at radius 3 is 2.91 bits per heavy atom. The van der Waals surface area contributed by atoms with Crippen molar-refractivity contribution in [1.29, 1.82) is 0 Å². The fraction of sp³-hybridized carbons (Fsp3) is 0.375. The van der Waals surface area contributed by atoms with Crippen LogP contribution in [0.5, 0.6) is 5.75 Å². The van der Waals surface area contributed by atoms with E-state index in [0.29, 0.717) is 11.4 Å². The standard InChI is InChI=1S/C24H26BrN3O3S/c1-31-20-9-8-17(14-18(20)25)15-22-24(30)28(19-6-2-3-7-21(19)32-22)16-23(29)26-10-13-27-11-4-5-12-27/h2-3,6-9,14-15,21H,4-5,10-13,16H2,1H3/p+1/b22-15+. The number of likely N-dealkylation sites (tertiary alicyclic amines) is 1. The number of thioether (sulfide) groups is 1. The summed E-state index contributed by atoms with van der Waals surface area (Å²) in [6.45, 7) is 3.68. The topological polar surface area (TPSA) is 61.7 Å². The molecule has 0 radical (unpaired) electrons. The zero-order chi connectivity index (χ0) is 22.5. The van der Waals surface area contributed by atoms with Crippen LogP contribution in [0.4, 0.5) is 0 Å². The molecule has 0 aromatic heterocycles. The fourth-order valence-electron chi connectivity index (χ4n) is 4.04. The minimum atomic E-state index is -0.150. The van der Waals surface area contributed by atoms with Gasteiger partial charge in [0.25, 0.3) is 5.91 Å². The number of nitrogens with one attached hydrogen (secondary N) is 1. The lowest BCUT2D eigenvalue weighted by molar-refractivity contribution is -0.434. The number of carbonyl (C=O) groups is 2. The number of benzene rings is 1. The highest BCUT2D eigenvalue weighted by atomic mass is 79.9. The third-order valence-corrected chi connectivity index (χ3v) is 7.52. The number of rotatable bonds is 7. The van der Waals surface area contributed by atoms with Gasteiger partial charge in [-0.3, -0.25) is 4.79 Å². The Labute approximate surface area is 201 Å². The summed E-state index contributed by atoms with van der Waals surface area (Å²) in [7, 11) is 1.62. The molecule has 1 fully saturated rings. The van der Waals surface area contributed by atoms with E-state index in [4.69, 9.17) is 4.74 Å². The van der Waals surface area contributed by atoms with E-state index in [-0.39, 0.29) is 23.6 Å². The second-order valence-corrected chi connectivity index (χ2v) is 9.94. The monoisotopic (exact) mass is 516 g/mol. The number of methoxy groups -OCH3 is 1. The van der Waals surface area contributed by atoms with Crippen molar-refractivity contribution in [3.8, 4) is 5.75 Å². The molecule has 1 aliphatic carbocycles. The van der Waals surface area contributed by atoms with Crippen LogP contribution in [0, 0.1) is 0 Å². The van der Waals surface area contributed by atoms with Crippen molar-refractivity contribution in [2.75, 3.05) is 39.8 Å². The smallest absolute Gasteiger partial charge is 0.426 e. The van der Waals surface area contributed by atoms with Gasteiger partial charge in [0.15, 0.2) is 0 Å². The second-order valence-electron chi connectivity index (χ2n) is 7.90. The molecule has 32 heavy (non-hydrogen) atoms. The summed E-state index contributed by atoms with van der Waals surface area (Å²) in [4.78, 5) is 29.0. The number of nitrogens with zero attached hydrogens (tertiary/aromatic N) is 2. The lowest BCUT2D eigenvalue weighted by Gasteiger charge is -2.21. The lowest BCUT2D eigenvalue weighted by atomic mass is 10.1. The van der Waals surface area contributed by atoms with Crippen LogP contribution in [0.1, 0.15) is 18.4 Å². The molecule has 1 N–H and O–H groups in total. The van der Waals surface area contributed by atoms with Crippen molar-refractivity contribution in [3.05, 3.63) is 57.4 Å². The molecule has 1 aromatic rings. The van der Waals surface area contributed by atoms with Gasteiger partial charge in [0.05, 0.1) is 11.6 Å². The van der Waals surface area contributed by atoms with E-state index in [1.54, 1.807) is 11.7 Å². The molecule has 0 saturated carbocycles. The Morgan fingerprint density at radius 2 is 2.16 bits per heavy atom. The van der Waals surface area contributed by atoms with Crippen molar-refractivity contribution < 1.29 is 18.9 Å². The van der Waals surface area contributed by atoms with Crippen LogP contribution in [0.2, 0.25) is 0 Å². The van der Waals surface area contributed by atoms with E-state index in [1.165, 1.54) is 24.6 Å². The van der Waals surface area contributed by atoms with Crippen LogP contribution in [0.15, 0.2) is 51.9 Å². The Bertz CT molecular complexity index is 1030. The van der Waals surface area contributed by atoms with Gasteiger partial charge in [-0.05, 0) is 65.6 Å². The van der Waals surface area contributed by atoms with Crippen LogP contribution >= 0.6 is 27.7 Å². The van der Waals surface area contributed by atoms with Crippen molar-refractivity contribution in [1.82, 2.24) is 10.2 Å². The maximum Gasteiger partial charge on any atom is 0.426 e. The van der Waals surface area contributed by atoms with Gasteiger partial charge < -0.3 is 15.0 Å². The number of fused-ring (bicyclic) bond motifs is 1. The van der Waals surface area contributed by atoms with E-state index in [9.17, 15) is 9.59 Å². The van der Waals surface area contributed by atoms with Gasteiger partial charge >= 0.3 is 5.91 Å². The fourth-order valence-corrected chi connectivity index (χ4v) is 5.78. The Morgan fingerprint density at radius 1 is 1.34 bits per heavy atom. The molecule has 2 aliphatic heterocycles. The largest absolute Gasteiger partial charge is 0.496 e. The molecule has 6 nitrogen and oxygen atoms in total. The Balaban J connectivity index is 1.50. The average Bonchev–Trinajstić information content (AvgIpc) is 3.30. The van der Waals surface area contributed by atoms with Crippen molar-refractivity contribution in [3.63, 3.8) is 0 Å². The zero-order valence-corrected chi connectivity index (χ0v) is 20.5. The maximum atomic E-state index is 13.3. The molecule has 1 aromatic carbocycles. The van der Waals surface area contributed by atoms with E-state index in [1.807, 2.05) is 42.5 Å². The second kappa shape index (κ2) is 10.6. The molecule has 1 unspecified atom stereocenters. The minimum Gasteiger partial charge on any atom is -0.496 e. The number of halogens is 1. The Hall–Kier alpha value is -2.16. The van der Waals surface area contributed by atoms with Crippen molar-refractivity contribution >= 4 is 51.3 Å². The predicted molar refractivity (Wildman–Crippen MR) is 132 cm³/mol. The average molecular weight is 517 g/mol. The molecular formula is C24H27BrN3O3S+. The number of allylic oxidation sites excluding steroid dienone is 3. The molecule has 4 rings (SSSR count). The normalized spacial score (nSPS) is 21.9.